The van der Waals surface area contributed by atoms with Gasteiger partial charge in [0, 0.05) is 13.7 Å². The first kappa shape index (κ1) is 8.02. The molecule has 3 atom stereocenters. The SMILES string of the molecule is COC1C(C)CCO[C@H]1C. The van der Waals surface area contributed by atoms with Gasteiger partial charge in [0.25, 0.3) is 0 Å². The van der Waals surface area contributed by atoms with E-state index in [2.05, 4.69) is 13.8 Å². The zero-order valence-corrected chi connectivity index (χ0v) is 6.96. The van der Waals surface area contributed by atoms with Crippen LogP contribution in [0.4, 0.5) is 0 Å². The van der Waals surface area contributed by atoms with Crippen molar-refractivity contribution in [3.05, 3.63) is 0 Å². The van der Waals surface area contributed by atoms with Crippen molar-refractivity contribution in [3.63, 3.8) is 0 Å². The Hall–Kier alpha value is -0.0800. The highest BCUT2D eigenvalue weighted by Crippen LogP contribution is 2.21. The van der Waals surface area contributed by atoms with Crippen LogP contribution in [0, 0.1) is 5.92 Å². The number of rotatable bonds is 1. The summed E-state index contributed by atoms with van der Waals surface area (Å²) in [5.41, 5.74) is 0. The zero-order valence-electron chi connectivity index (χ0n) is 6.96. The fraction of sp³-hybridized carbons (Fsp3) is 1.00. The minimum absolute atomic E-state index is 0.272. The van der Waals surface area contributed by atoms with E-state index >= 15 is 0 Å². The molecule has 10 heavy (non-hydrogen) atoms. The lowest BCUT2D eigenvalue weighted by Gasteiger charge is -2.33. The molecule has 1 aliphatic heterocycles. The van der Waals surface area contributed by atoms with Crippen LogP contribution in [0.1, 0.15) is 20.3 Å². The standard InChI is InChI=1S/C8H16O2/c1-6-4-5-10-7(2)8(6)9-3/h6-8H,4-5H2,1-3H3/t6?,7-,8?/m0/s1. The number of hydrogen-bond donors (Lipinski definition) is 0. The van der Waals surface area contributed by atoms with Crippen LogP contribution in [0.3, 0.4) is 0 Å². The lowest BCUT2D eigenvalue weighted by atomic mass is 9.95. The topological polar surface area (TPSA) is 18.5 Å². The minimum atomic E-state index is 0.272. The predicted octanol–water partition coefficient (Wildman–Crippen LogP) is 1.45. The molecule has 0 saturated carbocycles. The summed E-state index contributed by atoms with van der Waals surface area (Å²) in [6, 6.07) is 0. The van der Waals surface area contributed by atoms with E-state index in [1.807, 2.05) is 0 Å². The summed E-state index contributed by atoms with van der Waals surface area (Å²) in [6.45, 7) is 5.18. The first-order valence-corrected chi connectivity index (χ1v) is 3.90. The molecular weight excluding hydrogens is 128 g/mol. The maximum Gasteiger partial charge on any atom is 0.0856 e. The van der Waals surface area contributed by atoms with Crippen LogP contribution in [-0.4, -0.2) is 25.9 Å². The first-order valence-electron chi connectivity index (χ1n) is 3.90. The van der Waals surface area contributed by atoms with Gasteiger partial charge in [-0.3, -0.25) is 0 Å². The Bertz CT molecular complexity index is 93.4. The Morgan fingerprint density at radius 2 is 2.10 bits per heavy atom. The predicted molar refractivity (Wildman–Crippen MR) is 40.0 cm³/mol. The first-order chi connectivity index (χ1) is 4.75. The molecule has 0 radical (unpaired) electrons. The van der Waals surface area contributed by atoms with E-state index in [1.165, 1.54) is 0 Å². The van der Waals surface area contributed by atoms with Gasteiger partial charge in [-0.2, -0.15) is 0 Å². The molecule has 0 spiro atoms. The summed E-state index contributed by atoms with van der Waals surface area (Å²) < 4.78 is 10.7. The smallest absolute Gasteiger partial charge is 0.0856 e. The Morgan fingerprint density at radius 3 is 2.50 bits per heavy atom. The summed E-state index contributed by atoms with van der Waals surface area (Å²) in [6.07, 6.45) is 1.70. The Balaban J connectivity index is 2.45. The molecule has 60 valence electrons. The van der Waals surface area contributed by atoms with Gasteiger partial charge in [0.1, 0.15) is 0 Å². The highest BCUT2D eigenvalue weighted by Gasteiger charge is 2.27. The van der Waals surface area contributed by atoms with Crippen LogP contribution in [0.25, 0.3) is 0 Å². The number of hydrogen-bond acceptors (Lipinski definition) is 2. The fourth-order valence-electron chi connectivity index (χ4n) is 1.59. The Morgan fingerprint density at radius 1 is 1.40 bits per heavy atom. The lowest BCUT2D eigenvalue weighted by Crippen LogP contribution is -2.39. The summed E-state index contributed by atoms with van der Waals surface area (Å²) in [7, 11) is 1.76. The molecule has 0 aromatic rings. The summed E-state index contributed by atoms with van der Waals surface area (Å²) in [5.74, 6) is 0.647. The van der Waals surface area contributed by atoms with E-state index < -0.39 is 0 Å². The number of methoxy groups -OCH3 is 1. The van der Waals surface area contributed by atoms with Crippen molar-refractivity contribution in [1.82, 2.24) is 0 Å². The second-order valence-electron chi connectivity index (χ2n) is 3.04. The zero-order chi connectivity index (χ0) is 7.56. The van der Waals surface area contributed by atoms with Crippen molar-refractivity contribution in [2.24, 2.45) is 5.92 Å². The normalized spacial score (nSPS) is 41.7. The van der Waals surface area contributed by atoms with E-state index in [9.17, 15) is 0 Å². The highest BCUT2D eigenvalue weighted by atomic mass is 16.5. The molecule has 0 aliphatic carbocycles. The third-order valence-corrected chi connectivity index (χ3v) is 2.25. The molecule has 1 saturated heterocycles. The van der Waals surface area contributed by atoms with Crippen LogP contribution >= 0.6 is 0 Å². The van der Waals surface area contributed by atoms with Crippen LogP contribution in [0.2, 0.25) is 0 Å². The molecule has 1 rings (SSSR count). The van der Waals surface area contributed by atoms with Crippen molar-refractivity contribution in [2.75, 3.05) is 13.7 Å². The van der Waals surface area contributed by atoms with Gasteiger partial charge in [-0.05, 0) is 19.3 Å². The Labute approximate surface area is 62.5 Å². The van der Waals surface area contributed by atoms with Crippen molar-refractivity contribution >= 4 is 0 Å². The van der Waals surface area contributed by atoms with Gasteiger partial charge in [0.2, 0.25) is 0 Å². The molecule has 0 amide bonds. The van der Waals surface area contributed by atoms with Crippen molar-refractivity contribution in [2.45, 2.75) is 32.5 Å². The van der Waals surface area contributed by atoms with Crippen molar-refractivity contribution < 1.29 is 9.47 Å². The van der Waals surface area contributed by atoms with E-state index in [1.54, 1.807) is 7.11 Å². The quantitative estimate of drug-likeness (QED) is 0.554. The average Bonchev–Trinajstić information content (AvgIpc) is 1.88. The highest BCUT2D eigenvalue weighted by molar-refractivity contribution is 4.76. The molecule has 0 N–H and O–H groups in total. The molecular formula is C8H16O2. The molecule has 0 aromatic heterocycles. The molecule has 2 unspecified atom stereocenters. The molecule has 1 fully saturated rings. The summed E-state index contributed by atoms with van der Waals surface area (Å²) in [4.78, 5) is 0. The van der Waals surface area contributed by atoms with Gasteiger partial charge >= 0.3 is 0 Å². The van der Waals surface area contributed by atoms with Gasteiger partial charge in [0.05, 0.1) is 12.2 Å². The average molecular weight is 144 g/mol. The Kier molecular flexibility index (Phi) is 2.69. The van der Waals surface area contributed by atoms with Crippen LogP contribution in [0.5, 0.6) is 0 Å². The van der Waals surface area contributed by atoms with E-state index in [-0.39, 0.29) is 6.10 Å². The lowest BCUT2D eigenvalue weighted by molar-refractivity contribution is -0.108. The molecule has 1 heterocycles. The molecule has 2 heteroatoms. The maximum absolute atomic E-state index is 5.43. The molecule has 1 aliphatic rings. The van der Waals surface area contributed by atoms with E-state index in [0.717, 1.165) is 13.0 Å². The number of ether oxygens (including phenoxy) is 2. The van der Waals surface area contributed by atoms with Crippen LogP contribution in [0.15, 0.2) is 0 Å². The van der Waals surface area contributed by atoms with Gasteiger partial charge in [-0.15, -0.1) is 0 Å². The van der Waals surface area contributed by atoms with E-state index in [4.69, 9.17) is 9.47 Å². The third-order valence-electron chi connectivity index (χ3n) is 2.25. The summed E-state index contributed by atoms with van der Waals surface area (Å²) in [5, 5.41) is 0. The van der Waals surface area contributed by atoms with Gasteiger partial charge in [0.15, 0.2) is 0 Å². The van der Waals surface area contributed by atoms with Gasteiger partial charge in [-0.1, -0.05) is 6.92 Å². The molecule has 0 bridgehead atoms. The van der Waals surface area contributed by atoms with Crippen molar-refractivity contribution in [3.8, 4) is 0 Å². The third kappa shape index (κ3) is 1.50. The van der Waals surface area contributed by atoms with Gasteiger partial charge < -0.3 is 9.47 Å². The monoisotopic (exact) mass is 144 g/mol. The fourth-order valence-corrected chi connectivity index (χ4v) is 1.59. The second kappa shape index (κ2) is 3.35. The van der Waals surface area contributed by atoms with E-state index in [0.29, 0.717) is 12.0 Å². The van der Waals surface area contributed by atoms with Crippen LogP contribution in [-0.2, 0) is 9.47 Å². The van der Waals surface area contributed by atoms with Crippen LogP contribution < -0.4 is 0 Å². The second-order valence-corrected chi connectivity index (χ2v) is 3.04. The van der Waals surface area contributed by atoms with Gasteiger partial charge in [-0.25, -0.2) is 0 Å². The minimum Gasteiger partial charge on any atom is -0.378 e. The summed E-state index contributed by atoms with van der Waals surface area (Å²) >= 11 is 0. The largest absolute Gasteiger partial charge is 0.378 e. The molecule has 0 aromatic carbocycles. The maximum atomic E-state index is 5.43. The van der Waals surface area contributed by atoms with Crippen molar-refractivity contribution in [1.29, 1.82) is 0 Å². The molecule has 2 nitrogen and oxygen atoms in total.